The van der Waals surface area contributed by atoms with Gasteiger partial charge in [-0.05, 0) is 69.9 Å². The fraction of sp³-hybridized carbons (Fsp3) is 0.457. The molecule has 0 N–H and O–H groups in total. The largest absolute Gasteiger partial charge is 0.489 e. The fourth-order valence-corrected chi connectivity index (χ4v) is 5.61. The minimum Gasteiger partial charge on any atom is -0.489 e. The zero-order valence-electron chi connectivity index (χ0n) is 28.2. The predicted molar refractivity (Wildman–Crippen MR) is 182 cm³/mol. The van der Waals surface area contributed by atoms with Crippen LogP contribution in [0.3, 0.4) is 0 Å². The second-order valence-electron chi connectivity index (χ2n) is 12.2. The van der Waals surface area contributed by atoms with E-state index < -0.39 is 36.8 Å². The van der Waals surface area contributed by atoms with E-state index in [-0.39, 0.29) is 52.1 Å². The molecule has 0 saturated heterocycles. The minimum atomic E-state index is -0.926. The number of ketones is 1. The van der Waals surface area contributed by atoms with Crippen molar-refractivity contribution in [3.05, 3.63) is 63.7 Å². The average Bonchev–Trinajstić information content (AvgIpc) is 3.03. The number of hydrogen-bond donors (Lipinski definition) is 0. The standard InChI is InChI=1S/C35H42Cl2N2O9/c1-8-21(2)34(44)26-14-15-29(33(37)32(26)36)46-19-30(42)47-20-31(43)48-24(17-39(23(4)41)35(5,6)7)18-45-28-13-9-12-27-25(28)11-10-16-38(27)22(3)40/h9,12-15,24H,2,8,10-11,16-20H2,1,3-7H3. The summed E-state index contributed by atoms with van der Waals surface area (Å²) in [5.41, 5.74) is 1.56. The smallest absolute Gasteiger partial charge is 0.344 e. The summed E-state index contributed by atoms with van der Waals surface area (Å²) in [5.74, 6) is -1.83. The Morgan fingerprint density at radius 3 is 2.29 bits per heavy atom. The molecule has 1 atom stereocenters. The molecule has 1 heterocycles. The molecule has 0 aromatic heterocycles. The van der Waals surface area contributed by atoms with E-state index in [1.807, 2.05) is 26.8 Å². The first-order chi connectivity index (χ1) is 22.5. The number of benzene rings is 2. The molecule has 260 valence electrons. The fourth-order valence-electron chi connectivity index (χ4n) is 5.15. The second kappa shape index (κ2) is 16.8. The Morgan fingerprint density at radius 2 is 1.67 bits per heavy atom. The Hall–Kier alpha value is -4.09. The summed E-state index contributed by atoms with van der Waals surface area (Å²) in [5, 5.41) is -0.106. The number of rotatable bonds is 14. The molecule has 0 bridgehead atoms. The van der Waals surface area contributed by atoms with Gasteiger partial charge in [0.05, 0.1) is 17.3 Å². The molecule has 0 spiro atoms. The van der Waals surface area contributed by atoms with Crippen LogP contribution < -0.4 is 14.4 Å². The molecule has 2 aromatic rings. The highest BCUT2D eigenvalue weighted by atomic mass is 35.5. The molecule has 0 fully saturated rings. The lowest BCUT2D eigenvalue weighted by Gasteiger charge is -2.37. The molecule has 11 nitrogen and oxygen atoms in total. The van der Waals surface area contributed by atoms with E-state index in [0.29, 0.717) is 30.7 Å². The van der Waals surface area contributed by atoms with E-state index in [1.54, 1.807) is 28.9 Å². The third-order valence-electron chi connectivity index (χ3n) is 7.62. The van der Waals surface area contributed by atoms with Gasteiger partial charge in [-0.1, -0.05) is 42.8 Å². The van der Waals surface area contributed by atoms with E-state index in [1.165, 1.54) is 26.0 Å². The molecule has 2 amide bonds. The number of ether oxygens (including phenoxy) is 4. The van der Waals surface area contributed by atoms with Crippen molar-refractivity contribution in [2.45, 2.75) is 72.4 Å². The quantitative estimate of drug-likeness (QED) is 0.132. The first kappa shape index (κ1) is 38.4. The zero-order chi connectivity index (χ0) is 35.8. The van der Waals surface area contributed by atoms with E-state index in [0.717, 1.165) is 17.7 Å². The monoisotopic (exact) mass is 704 g/mol. The number of esters is 2. The summed E-state index contributed by atoms with van der Waals surface area (Å²) in [6, 6.07) is 8.24. The summed E-state index contributed by atoms with van der Waals surface area (Å²) >= 11 is 12.5. The molecule has 13 heteroatoms. The number of anilines is 1. The lowest BCUT2D eigenvalue weighted by atomic mass is 10.0. The number of amides is 2. The Kier molecular flexibility index (Phi) is 13.5. The van der Waals surface area contributed by atoms with Crippen molar-refractivity contribution in [1.82, 2.24) is 4.90 Å². The van der Waals surface area contributed by atoms with E-state index in [9.17, 15) is 24.0 Å². The summed E-state index contributed by atoms with van der Waals surface area (Å²) < 4.78 is 22.3. The molecular weight excluding hydrogens is 663 g/mol. The summed E-state index contributed by atoms with van der Waals surface area (Å²) in [6.07, 6.45) is 0.981. The molecule has 2 aromatic carbocycles. The van der Waals surface area contributed by atoms with Gasteiger partial charge in [0.25, 0.3) is 0 Å². The first-order valence-corrected chi connectivity index (χ1v) is 16.3. The van der Waals surface area contributed by atoms with Crippen LogP contribution >= 0.6 is 23.2 Å². The SMILES string of the molecule is C=C(CC)C(=O)c1ccc(OCC(=O)OCC(=O)OC(COc2cccc3c2CCCN3C(C)=O)CN(C(C)=O)C(C)(C)C)c(Cl)c1Cl. The van der Waals surface area contributed by atoms with Crippen molar-refractivity contribution in [3.8, 4) is 11.5 Å². The lowest BCUT2D eigenvalue weighted by molar-refractivity contribution is -0.166. The maximum absolute atomic E-state index is 12.9. The van der Waals surface area contributed by atoms with Crippen LogP contribution in [0.25, 0.3) is 0 Å². The summed E-state index contributed by atoms with van der Waals surface area (Å²) in [6.45, 7) is 13.2. The highest BCUT2D eigenvalue weighted by molar-refractivity contribution is 6.45. The average molecular weight is 706 g/mol. The van der Waals surface area contributed by atoms with Gasteiger partial charge in [0.15, 0.2) is 25.1 Å². The lowest BCUT2D eigenvalue weighted by Crippen LogP contribution is -2.50. The van der Waals surface area contributed by atoms with Crippen molar-refractivity contribution < 1.29 is 42.9 Å². The summed E-state index contributed by atoms with van der Waals surface area (Å²) in [7, 11) is 0. The van der Waals surface area contributed by atoms with Gasteiger partial charge in [-0.25, -0.2) is 9.59 Å². The van der Waals surface area contributed by atoms with Gasteiger partial charge in [0.1, 0.15) is 23.1 Å². The van der Waals surface area contributed by atoms with Crippen LogP contribution in [0.1, 0.15) is 70.3 Å². The van der Waals surface area contributed by atoms with Crippen LogP contribution in [0, 0.1) is 0 Å². The Bertz CT molecular complexity index is 1570. The van der Waals surface area contributed by atoms with Crippen LogP contribution in [0.15, 0.2) is 42.5 Å². The highest BCUT2D eigenvalue weighted by Crippen LogP contribution is 2.36. The van der Waals surface area contributed by atoms with Gasteiger partial charge in [-0.15, -0.1) is 0 Å². The molecule has 48 heavy (non-hydrogen) atoms. The van der Waals surface area contributed by atoms with Gasteiger partial charge in [0, 0.05) is 37.1 Å². The summed E-state index contributed by atoms with van der Waals surface area (Å²) in [4.78, 5) is 65.7. The van der Waals surface area contributed by atoms with Gasteiger partial charge in [-0.2, -0.15) is 0 Å². The number of Topliss-reactive ketones (excluding diaryl/α,β-unsaturated/α-hetero) is 1. The number of carbonyl (C=O) groups is 5. The second-order valence-corrected chi connectivity index (χ2v) is 13.0. The molecule has 0 aliphatic carbocycles. The number of carbonyl (C=O) groups excluding carboxylic acids is 5. The minimum absolute atomic E-state index is 0.0135. The van der Waals surface area contributed by atoms with E-state index in [2.05, 4.69) is 6.58 Å². The maximum Gasteiger partial charge on any atom is 0.344 e. The van der Waals surface area contributed by atoms with Gasteiger partial charge in [0.2, 0.25) is 11.8 Å². The van der Waals surface area contributed by atoms with Crippen LogP contribution in [0.5, 0.6) is 11.5 Å². The Balaban J connectivity index is 1.65. The van der Waals surface area contributed by atoms with E-state index in [4.69, 9.17) is 42.1 Å². The number of halogens is 2. The van der Waals surface area contributed by atoms with Gasteiger partial charge < -0.3 is 28.7 Å². The van der Waals surface area contributed by atoms with Crippen LogP contribution in [0.2, 0.25) is 10.0 Å². The van der Waals surface area contributed by atoms with Gasteiger partial charge in [-0.3, -0.25) is 14.4 Å². The predicted octanol–water partition coefficient (Wildman–Crippen LogP) is 6.00. The molecule has 3 rings (SSSR count). The number of nitrogens with zero attached hydrogens (tertiary/aromatic N) is 2. The van der Waals surface area contributed by atoms with Crippen molar-refractivity contribution in [1.29, 1.82) is 0 Å². The molecular formula is C35H42Cl2N2O9. The Labute approximate surface area is 291 Å². The number of allylic oxidation sites excluding steroid dienone is 1. The topological polar surface area (TPSA) is 129 Å². The molecule has 0 radical (unpaired) electrons. The molecule has 1 aliphatic rings. The first-order valence-electron chi connectivity index (χ1n) is 15.5. The van der Waals surface area contributed by atoms with Crippen molar-refractivity contribution in [3.63, 3.8) is 0 Å². The van der Waals surface area contributed by atoms with Crippen molar-refractivity contribution in [2.24, 2.45) is 0 Å². The number of fused-ring (bicyclic) bond motifs is 1. The number of hydrogen-bond acceptors (Lipinski definition) is 9. The molecule has 0 saturated carbocycles. The van der Waals surface area contributed by atoms with Crippen LogP contribution in [-0.4, -0.2) is 79.0 Å². The Morgan fingerprint density at radius 1 is 0.958 bits per heavy atom. The molecule has 1 aliphatic heterocycles. The highest BCUT2D eigenvalue weighted by Gasteiger charge is 2.30. The van der Waals surface area contributed by atoms with E-state index >= 15 is 0 Å². The van der Waals surface area contributed by atoms with Crippen molar-refractivity contribution >= 4 is 58.4 Å². The maximum atomic E-state index is 12.9. The molecule has 1 unspecified atom stereocenters. The van der Waals surface area contributed by atoms with Gasteiger partial charge >= 0.3 is 11.9 Å². The third kappa shape index (κ3) is 9.96. The normalized spacial score (nSPS) is 13.1. The van der Waals surface area contributed by atoms with Crippen molar-refractivity contribution in [2.75, 3.05) is 37.8 Å². The van der Waals surface area contributed by atoms with Crippen LogP contribution in [-0.2, 0) is 35.1 Å². The zero-order valence-corrected chi connectivity index (χ0v) is 29.7. The third-order valence-corrected chi connectivity index (χ3v) is 8.49. The van der Waals surface area contributed by atoms with Crippen LogP contribution in [0.4, 0.5) is 5.69 Å².